The summed E-state index contributed by atoms with van der Waals surface area (Å²) in [6.45, 7) is 2.47. The van der Waals surface area contributed by atoms with Gasteiger partial charge in [0.05, 0.1) is 28.6 Å². The molecule has 0 amide bonds. The molecule has 0 fully saturated rings. The van der Waals surface area contributed by atoms with Crippen LogP contribution >= 0.6 is 0 Å². The Bertz CT molecular complexity index is 1560. The molecule has 8 heteroatoms. The van der Waals surface area contributed by atoms with Gasteiger partial charge in [0, 0.05) is 36.2 Å². The van der Waals surface area contributed by atoms with Crippen LogP contribution in [0.2, 0.25) is 0 Å². The molecule has 4 heterocycles. The van der Waals surface area contributed by atoms with Gasteiger partial charge in [0.15, 0.2) is 0 Å². The highest BCUT2D eigenvalue weighted by molar-refractivity contribution is 5.80. The molecule has 6 rings (SSSR count). The maximum absolute atomic E-state index is 13.7. The van der Waals surface area contributed by atoms with E-state index in [2.05, 4.69) is 27.0 Å². The van der Waals surface area contributed by atoms with Gasteiger partial charge in [-0.05, 0) is 55.8 Å². The molecule has 1 aliphatic rings. The van der Waals surface area contributed by atoms with Crippen molar-refractivity contribution < 1.29 is 9.13 Å². The lowest BCUT2D eigenvalue weighted by molar-refractivity contribution is 0.246. The van der Waals surface area contributed by atoms with Crippen molar-refractivity contribution in [1.82, 2.24) is 24.5 Å². The van der Waals surface area contributed by atoms with Crippen molar-refractivity contribution in [3.8, 4) is 28.5 Å². The fourth-order valence-electron chi connectivity index (χ4n) is 4.82. The van der Waals surface area contributed by atoms with Crippen molar-refractivity contribution in [2.24, 2.45) is 0 Å². The largest absolute Gasteiger partial charge is 0.475 e. The minimum Gasteiger partial charge on any atom is -0.475 e. The molecule has 36 heavy (non-hydrogen) atoms. The zero-order chi connectivity index (χ0) is 24.6. The Labute approximate surface area is 208 Å². The summed E-state index contributed by atoms with van der Waals surface area (Å²) in [5, 5.41) is 4.10. The first kappa shape index (κ1) is 22.2. The SMILES string of the molecule is CNc1nccc(-c2c(-c3ccc(F)cc3)nc3n2C(COc2nc4ccccc4cc2C)CC3)n1. The number of benzene rings is 2. The van der Waals surface area contributed by atoms with Crippen molar-refractivity contribution >= 4 is 16.9 Å². The van der Waals surface area contributed by atoms with Crippen LogP contribution in [0.5, 0.6) is 5.88 Å². The predicted molar refractivity (Wildman–Crippen MR) is 138 cm³/mol. The van der Waals surface area contributed by atoms with E-state index in [1.54, 1.807) is 25.4 Å². The normalized spacial score (nSPS) is 14.7. The van der Waals surface area contributed by atoms with Gasteiger partial charge < -0.3 is 14.6 Å². The van der Waals surface area contributed by atoms with Crippen LogP contribution in [0.1, 0.15) is 23.9 Å². The summed E-state index contributed by atoms with van der Waals surface area (Å²) >= 11 is 0. The summed E-state index contributed by atoms with van der Waals surface area (Å²) in [4.78, 5) is 18.7. The molecule has 0 aliphatic carbocycles. The minimum absolute atomic E-state index is 0.0531. The Morgan fingerprint density at radius 2 is 1.89 bits per heavy atom. The number of imidazole rings is 1. The Balaban J connectivity index is 1.39. The number of halogens is 1. The number of nitrogens with one attached hydrogen (secondary N) is 1. The number of ether oxygens (including phenoxy) is 1. The van der Waals surface area contributed by atoms with E-state index in [1.807, 2.05) is 31.2 Å². The number of rotatable bonds is 6. The Morgan fingerprint density at radius 3 is 2.72 bits per heavy atom. The Morgan fingerprint density at radius 1 is 1.06 bits per heavy atom. The van der Waals surface area contributed by atoms with Crippen LogP contribution in [-0.2, 0) is 6.42 Å². The highest BCUT2D eigenvalue weighted by atomic mass is 19.1. The van der Waals surface area contributed by atoms with Crippen molar-refractivity contribution in [3.63, 3.8) is 0 Å². The second kappa shape index (κ2) is 9.03. The van der Waals surface area contributed by atoms with E-state index in [-0.39, 0.29) is 11.9 Å². The average molecular weight is 481 g/mol. The summed E-state index contributed by atoms with van der Waals surface area (Å²) in [6.07, 6.45) is 3.44. The molecule has 0 saturated carbocycles. The van der Waals surface area contributed by atoms with E-state index in [1.165, 1.54) is 12.1 Å². The molecule has 1 atom stereocenters. The zero-order valence-electron chi connectivity index (χ0n) is 20.1. The van der Waals surface area contributed by atoms with E-state index in [0.717, 1.165) is 57.8 Å². The first-order valence-corrected chi connectivity index (χ1v) is 12.0. The van der Waals surface area contributed by atoms with Crippen molar-refractivity contribution in [2.45, 2.75) is 25.8 Å². The van der Waals surface area contributed by atoms with Gasteiger partial charge in [-0.3, -0.25) is 0 Å². The predicted octanol–water partition coefficient (Wildman–Crippen LogP) is 5.61. The quantitative estimate of drug-likeness (QED) is 0.340. The second-order valence-electron chi connectivity index (χ2n) is 8.92. The molecule has 1 unspecified atom stereocenters. The van der Waals surface area contributed by atoms with Gasteiger partial charge in [0.1, 0.15) is 18.2 Å². The van der Waals surface area contributed by atoms with Crippen LogP contribution in [0.25, 0.3) is 33.5 Å². The third kappa shape index (κ3) is 3.94. The molecular formula is C28H25FN6O. The maximum atomic E-state index is 13.7. The fourth-order valence-corrected chi connectivity index (χ4v) is 4.82. The third-order valence-corrected chi connectivity index (χ3v) is 6.57. The third-order valence-electron chi connectivity index (χ3n) is 6.57. The number of fused-ring (bicyclic) bond motifs is 2. The van der Waals surface area contributed by atoms with Gasteiger partial charge in [-0.2, -0.15) is 0 Å². The summed E-state index contributed by atoms with van der Waals surface area (Å²) in [5.74, 6) is 1.85. The highest BCUT2D eigenvalue weighted by Gasteiger charge is 2.31. The van der Waals surface area contributed by atoms with Gasteiger partial charge in [0.25, 0.3) is 0 Å². The Hall–Kier alpha value is -4.33. The van der Waals surface area contributed by atoms with E-state index in [9.17, 15) is 4.39 Å². The number of anilines is 1. The number of aromatic nitrogens is 5. The molecule has 0 spiro atoms. The summed E-state index contributed by atoms with van der Waals surface area (Å²) in [7, 11) is 1.79. The van der Waals surface area contributed by atoms with Gasteiger partial charge in [-0.25, -0.2) is 24.3 Å². The molecule has 0 bridgehead atoms. The summed E-state index contributed by atoms with van der Waals surface area (Å²) in [6, 6.07) is 18.5. The molecule has 1 N–H and O–H groups in total. The van der Waals surface area contributed by atoms with Crippen LogP contribution in [-0.4, -0.2) is 38.2 Å². The van der Waals surface area contributed by atoms with E-state index in [4.69, 9.17) is 19.7 Å². The monoisotopic (exact) mass is 480 g/mol. The van der Waals surface area contributed by atoms with Gasteiger partial charge in [-0.15, -0.1) is 0 Å². The van der Waals surface area contributed by atoms with Crippen molar-refractivity contribution in [1.29, 1.82) is 0 Å². The molecule has 180 valence electrons. The fraction of sp³-hybridized carbons (Fsp3) is 0.214. The van der Waals surface area contributed by atoms with E-state index >= 15 is 0 Å². The standard InChI is InChI=1S/C28H25FN6O/c1-17-15-19-5-3-4-6-22(19)32-27(17)36-16-21-11-12-24-34-25(18-7-9-20(29)10-8-18)26(35(21)24)23-13-14-31-28(30-2)33-23/h3-10,13-15,21H,11-12,16H2,1-2H3,(H,30,31,33). The Kier molecular flexibility index (Phi) is 5.56. The van der Waals surface area contributed by atoms with Crippen LogP contribution in [0.15, 0.2) is 66.9 Å². The molecule has 2 aromatic carbocycles. The molecule has 5 aromatic rings. The number of hydrogen-bond donors (Lipinski definition) is 1. The lowest BCUT2D eigenvalue weighted by Gasteiger charge is -2.19. The van der Waals surface area contributed by atoms with Crippen molar-refractivity contribution in [3.05, 3.63) is 84.1 Å². The number of nitrogens with zero attached hydrogens (tertiary/aromatic N) is 5. The number of para-hydroxylation sites is 1. The average Bonchev–Trinajstić information content (AvgIpc) is 3.47. The smallest absolute Gasteiger partial charge is 0.222 e. The molecule has 0 radical (unpaired) electrons. The molecule has 0 saturated heterocycles. The molecule has 7 nitrogen and oxygen atoms in total. The first-order chi connectivity index (χ1) is 17.6. The minimum atomic E-state index is -0.281. The molecule has 1 aliphatic heterocycles. The molecular weight excluding hydrogens is 455 g/mol. The maximum Gasteiger partial charge on any atom is 0.222 e. The zero-order valence-corrected chi connectivity index (χ0v) is 20.1. The van der Waals surface area contributed by atoms with E-state index < -0.39 is 0 Å². The highest BCUT2D eigenvalue weighted by Crippen LogP contribution is 2.39. The molecule has 3 aromatic heterocycles. The topological polar surface area (TPSA) is 77.8 Å². The van der Waals surface area contributed by atoms with Crippen molar-refractivity contribution in [2.75, 3.05) is 19.0 Å². The summed E-state index contributed by atoms with van der Waals surface area (Å²) < 4.78 is 22.2. The van der Waals surface area contributed by atoms with Crippen LogP contribution in [0.4, 0.5) is 10.3 Å². The van der Waals surface area contributed by atoms with Gasteiger partial charge in [0.2, 0.25) is 11.8 Å². The number of aryl methyl sites for hydroxylation is 2. The summed E-state index contributed by atoms with van der Waals surface area (Å²) in [5.41, 5.74) is 5.15. The van der Waals surface area contributed by atoms with Gasteiger partial charge >= 0.3 is 0 Å². The van der Waals surface area contributed by atoms with Crippen LogP contribution in [0, 0.1) is 12.7 Å². The number of pyridine rings is 1. The van der Waals surface area contributed by atoms with E-state index in [0.29, 0.717) is 18.4 Å². The second-order valence-corrected chi connectivity index (χ2v) is 8.92. The first-order valence-electron chi connectivity index (χ1n) is 12.0. The lowest BCUT2D eigenvalue weighted by Crippen LogP contribution is -2.16. The number of hydrogen-bond acceptors (Lipinski definition) is 6. The lowest BCUT2D eigenvalue weighted by atomic mass is 10.1. The van der Waals surface area contributed by atoms with Crippen LogP contribution < -0.4 is 10.1 Å². The van der Waals surface area contributed by atoms with Crippen LogP contribution in [0.3, 0.4) is 0 Å². The van der Waals surface area contributed by atoms with Gasteiger partial charge in [-0.1, -0.05) is 18.2 Å².